The lowest BCUT2D eigenvalue weighted by molar-refractivity contribution is -0.118. The van der Waals surface area contributed by atoms with Crippen LogP contribution in [0, 0.1) is 0 Å². The smallest absolute Gasteiger partial charge is 0.262 e. The highest BCUT2D eigenvalue weighted by molar-refractivity contribution is 5.91. The van der Waals surface area contributed by atoms with Crippen LogP contribution >= 0.6 is 0 Å². The van der Waals surface area contributed by atoms with Crippen LogP contribution in [0.15, 0.2) is 78.9 Å². The molecule has 0 saturated heterocycles. The topological polar surface area (TPSA) is 47.6 Å². The molecule has 4 nitrogen and oxygen atoms in total. The molecule has 0 fully saturated rings. The van der Waals surface area contributed by atoms with Crippen LogP contribution in [0.4, 0.5) is 5.69 Å². The molecule has 0 aromatic heterocycles. The summed E-state index contributed by atoms with van der Waals surface area (Å²) >= 11 is 0. The van der Waals surface area contributed by atoms with E-state index in [1.54, 1.807) is 0 Å². The number of nitrogens with one attached hydrogen (secondary N) is 1. The van der Waals surface area contributed by atoms with Gasteiger partial charge in [-0.3, -0.25) is 4.79 Å². The summed E-state index contributed by atoms with van der Waals surface area (Å²) in [6, 6.07) is 25.2. The van der Waals surface area contributed by atoms with Crippen molar-refractivity contribution in [2.45, 2.75) is 32.8 Å². The molecule has 3 rings (SSSR count). The van der Waals surface area contributed by atoms with E-state index in [0.717, 1.165) is 17.7 Å². The molecule has 0 aliphatic carbocycles. The van der Waals surface area contributed by atoms with Crippen molar-refractivity contribution in [3.8, 4) is 11.5 Å². The van der Waals surface area contributed by atoms with Crippen molar-refractivity contribution in [3.05, 3.63) is 90.0 Å². The zero-order valence-electron chi connectivity index (χ0n) is 16.9. The van der Waals surface area contributed by atoms with E-state index < -0.39 is 0 Å². The molecule has 0 saturated carbocycles. The zero-order valence-corrected chi connectivity index (χ0v) is 16.9. The molecule has 3 aromatic carbocycles. The van der Waals surface area contributed by atoms with Gasteiger partial charge in [-0.1, -0.05) is 56.3 Å². The zero-order chi connectivity index (χ0) is 20.5. The summed E-state index contributed by atoms with van der Waals surface area (Å²) in [6.45, 7) is 4.84. The van der Waals surface area contributed by atoms with E-state index in [0.29, 0.717) is 24.0 Å². The molecule has 3 aromatic rings. The van der Waals surface area contributed by atoms with Crippen LogP contribution in [0.25, 0.3) is 0 Å². The molecule has 0 heterocycles. The minimum Gasteiger partial charge on any atom is -0.489 e. The van der Waals surface area contributed by atoms with Crippen molar-refractivity contribution in [1.29, 1.82) is 0 Å². The van der Waals surface area contributed by atoms with Crippen molar-refractivity contribution in [2.24, 2.45) is 0 Å². The summed E-state index contributed by atoms with van der Waals surface area (Å²) in [4.78, 5) is 12.1. The van der Waals surface area contributed by atoms with Gasteiger partial charge in [0.1, 0.15) is 18.1 Å². The molecule has 0 aliphatic rings. The molecule has 29 heavy (non-hydrogen) atoms. The summed E-state index contributed by atoms with van der Waals surface area (Å²) in [5, 5.41) is 2.83. The molecular formula is C25H27NO3. The molecule has 1 N–H and O–H groups in total. The molecule has 0 aliphatic heterocycles. The van der Waals surface area contributed by atoms with Gasteiger partial charge in [-0.25, -0.2) is 0 Å². The summed E-state index contributed by atoms with van der Waals surface area (Å²) in [5.74, 6) is 1.77. The van der Waals surface area contributed by atoms with E-state index in [4.69, 9.17) is 9.47 Å². The minimum atomic E-state index is -0.200. The first kappa shape index (κ1) is 20.5. The van der Waals surface area contributed by atoms with E-state index in [2.05, 4.69) is 31.3 Å². The van der Waals surface area contributed by atoms with Crippen LogP contribution in [0.1, 0.15) is 37.3 Å². The van der Waals surface area contributed by atoms with Crippen molar-refractivity contribution in [3.63, 3.8) is 0 Å². The number of benzene rings is 3. The molecule has 4 heteroatoms. The van der Waals surface area contributed by atoms with Gasteiger partial charge in [0.2, 0.25) is 0 Å². The van der Waals surface area contributed by atoms with E-state index in [9.17, 15) is 4.79 Å². The summed E-state index contributed by atoms with van der Waals surface area (Å²) in [7, 11) is 0. The van der Waals surface area contributed by atoms with Gasteiger partial charge in [0.05, 0.1) is 0 Å². The maximum Gasteiger partial charge on any atom is 0.262 e. The van der Waals surface area contributed by atoms with Gasteiger partial charge in [-0.05, 0) is 59.9 Å². The molecule has 1 amide bonds. The van der Waals surface area contributed by atoms with Gasteiger partial charge in [0.25, 0.3) is 5.91 Å². The Labute approximate surface area is 172 Å². The second kappa shape index (κ2) is 10.3. The molecule has 0 unspecified atom stereocenters. The number of amides is 1. The number of rotatable bonds is 9. The molecular weight excluding hydrogens is 362 g/mol. The van der Waals surface area contributed by atoms with E-state index in [-0.39, 0.29) is 12.5 Å². The van der Waals surface area contributed by atoms with Crippen LogP contribution in [0.2, 0.25) is 0 Å². The molecule has 0 spiro atoms. The average molecular weight is 389 g/mol. The highest BCUT2D eigenvalue weighted by Gasteiger charge is 2.06. The third kappa shape index (κ3) is 6.39. The van der Waals surface area contributed by atoms with Crippen molar-refractivity contribution in [2.75, 3.05) is 11.9 Å². The maximum absolute atomic E-state index is 12.1. The molecule has 0 bridgehead atoms. The highest BCUT2D eigenvalue weighted by Crippen LogP contribution is 2.21. The lowest BCUT2D eigenvalue weighted by Crippen LogP contribution is -2.20. The Morgan fingerprint density at radius 1 is 0.862 bits per heavy atom. The summed E-state index contributed by atoms with van der Waals surface area (Å²) in [6.07, 6.45) is 1.10. The quantitative estimate of drug-likeness (QED) is 0.503. The predicted molar refractivity (Wildman–Crippen MR) is 116 cm³/mol. The Kier molecular flexibility index (Phi) is 7.28. The Balaban J connectivity index is 1.44. The van der Waals surface area contributed by atoms with Crippen molar-refractivity contribution in [1.82, 2.24) is 0 Å². The van der Waals surface area contributed by atoms with Crippen LogP contribution in [0.3, 0.4) is 0 Å². The van der Waals surface area contributed by atoms with E-state index in [1.165, 1.54) is 5.56 Å². The number of ether oxygens (including phenoxy) is 2. The Hall–Kier alpha value is -3.27. The first-order chi connectivity index (χ1) is 14.1. The largest absolute Gasteiger partial charge is 0.489 e. The number of carbonyl (C=O) groups excluding carboxylic acids is 1. The van der Waals surface area contributed by atoms with E-state index in [1.807, 2.05) is 66.7 Å². The number of carbonyl (C=O) groups is 1. The average Bonchev–Trinajstić information content (AvgIpc) is 2.78. The fourth-order valence-electron chi connectivity index (χ4n) is 2.85. The second-order valence-corrected chi connectivity index (χ2v) is 7.01. The lowest BCUT2D eigenvalue weighted by atomic mass is 9.99. The van der Waals surface area contributed by atoms with Crippen LogP contribution in [-0.4, -0.2) is 12.5 Å². The lowest BCUT2D eigenvalue weighted by Gasteiger charge is -2.11. The van der Waals surface area contributed by atoms with Gasteiger partial charge >= 0.3 is 0 Å². The molecule has 1 atom stereocenters. The standard InChI is InChI=1S/C25H27NO3/c1-3-19(2)21-9-13-23(14-10-21)29-18-25(27)26-22-11-15-24(16-12-22)28-17-20-7-5-4-6-8-20/h4-16,19H,3,17-18H2,1-2H3,(H,26,27)/t19-/m0/s1. The number of anilines is 1. The summed E-state index contributed by atoms with van der Waals surface area (Å²) < 4.78 is 11.3. The Morgan fingerprint density at radius 2 is 1.48 bits per heavy atom. The number of hydrogen-bond donors (Lipinski definition) is 1. The van der Waals surface area contributed by atoms with Gasteiger partial charge in [0.15, 0.2) is 6.61 Å². The fraction of sp³-hybridized carbons (Fsp3) is 0.240. The minimum absolute atomic E-state index is 0.0328. The van der Waals surface area contributed by atoms with Crippen molar-refractivity contribution >= 4 is 11.6 Å². The Morgan fingerprint density at radius 3 is 2.14 bits per heavy atom. The summed E-state index contributed by atoms with van der Waals surface area (Å²) in [5.41, 5.74) is 3.09. The fourth-order valence-corrected chi connectivity index (χ4v) is 2.85. The normalized spacial score (nSPS) is 11.5. The van der Waals surface area contributed by atoms with Crippen molar-refractivity contribution < 1.29 is 14.3 Å². The predicted octanol–water partition coefficient (Wildman–Crippen LogP) is 5.80. The van der Waals surface area contributed by atoms with Gasteiger partial charge < -0.3 is 14.8 Å². The van der Waals surface area contributed by atoms with Crippen LogP contribution < -0.4 is 14.8 Å². The third-order valence-corrected chi connectivity index (χ3v) is 4.82. The van der Waals surface area contributed by atoms with Crippen LogP contribution in [-0.2, 0) is 11.4 Å². The second-order valence-electron chi connectivity index (χ2n) is 7.01. The Bertz CT molecular complexity index is 890. The highest BCUT2D eigenvalue weighted by atomic mass is 16.5. The number of hydrogen-bond acceptors (Lipinski definition) is 3. The van der Waals surface area contributed by atoms with E-state index >= 15 is 0 Å². The van der Waals surface area contributed by atoms with Gasteiger partial charge in [-0.15, -0.1) is 0 Å². The van der Waals surface area contributed by atoms with Gasteiger partial charge in [-0.2, -0.15) is 0 Å². The maximum atomic E-state index is 12.1. The first-order valence-corrected chi connectivity index (χ1v) is 9.93. The van der Waals surface area contributed by atoms with Crippen LogP contribution in [0.5, 0.6) is 11.5 Å². The monoisotopic (exact) mass is 389 g/mol. The molecule has 150 valence electrons. The third-order valence-electron chi connectivity index (χ3n) is 4.82. The van der Waals surface area contributed by atoms with Gasteiger partial charge in [0, 0.05) is 5.69 Å². The SMILES string of the molecule is CC[C@H](C)c1ccc(OCC(=O)Nc2ccc(OCc3ccccc3)cc2)cc1. The first-order valence-electron chi connectivity index (χ1n) is 9.93. The molecule has 0 radical (unpaired) electrons.